The predicted octanol–water partition coefficient (Wildman–Crippen LogP) is 3.89. The molecule has 0 aliphatic carbocycles. The molecule has 5 heteroatoms. The monoisotopic (exact) mass is 329 g/mol. The van der Waals surface area contributed by atoms with E-state index < -0.39 is 6.10 Å². The van der Waals surface area contributed by atoms with Crippen LogP contribution in [-0.4, -0.2) is 25.7 Å². The molecular formula is C19H23NO4. The Hall–Kier alpha value is -2.69. The Kier molecular flexibility index (Phi) is 6.49. The third-order valence-corrected chi connectivity index (χ3v) is 3.45. The minimum atomic E-state index is -0.590. The Morgan fingerprint density at radius 3 is 2.33 bits per heavy atom. The van der Waals surface area contributed by atoms with Gasteiger partial charge in [0.05, 0.1) is 19.4 Å². The normalized spacial score (nSPS) is 11.5. The number of carbonyl (C=O) groups excluding carboxylic acids is 1. The molecule has 2 aromatic rings. The molecule has 0 radical (unpaired) electrons. The quantitative estimate of drug-likeness (QED) is 0.798. The molecule has 0 saturated carbocycles. The summed E-state index contributed by atoms with van der Waals surface area (Å²) in [5.41, 5.74) is 0.640. The summed E-state index contributed by atoms with van der Waals surface area (Å²) >= 11 is 0. The lowest BCUT2D eigenvalue weighted by atomic mass is 10.2. The number of ether oxygens (including phenoxy) is 3. The summed E-state index contributed by atoms with van der Waals surface area (Å²) in [6.07, 6.45) is -0.0395. The van der Waals surface area contributed by atoms with Gasteiger partial charge in [0.1, 0.15) is 17.2 Å². The summed E-state index contributed by atoms with van der Waals surface area (Å²) in [6.45, 7) is 4.34. The summed E-state index contributed by atoms with van der Waals surface area (Å²) in [7, 11) is 1.61. The Bertz CT molecular complexity index is 655. The summed E-state index contributed by atoms with van der Waals surface area (Å²) in [6, 6.07) is 14.5. The van der Waals surface area contributed by atoms with E-state index >= 15 is 0 Å². The predicted molar refractivity (Wildman–Crippen MR) is 93.9 cm³/mol. The zero-order chi connectivity index (χ0) is 17.4. The van der Waals surface area contributed by atoms with Crippen LogP contribution in [0.5, 0.6) is 17.2 Å². The number of methoxy groups -OCH3 is 1. The molecule has 0 spiro atoms. The zero-order valence-corrected chi connectivity index (χ0v) is 14.2. The molecule has 0 heterocycles. The van der Waals surface area contributed by atoms with Crippen molar-refractivity contribution in [1.82, 2.24) is 0 Å². The number of rotatable bonds is 8. The van der Waals surface area contributed by atoms with Crippen molar-refractivity contribution in [3.63, 3.8) is 0 Å². The Labute approximate surface area is 142 Å². The molecule has 0 fully saturated rings. The van der Waals surface area contributed by atoms with Crippen LogP contribution in [0.3, 0.4) is 0 Å². The number of hydrogen-bond acceptors (Lipinski definition) is 4. The minimum Gasteiger partial charge on any atom is -0.497 e. The van der Waals surface area contributed by atoms with E-state index in [2.05, 4.69) is 5.32 Å². The van der Waals surface area contributed by atoms with Gasteiger partial charge in [-0.05, 0) is 49.7 Å². The average Bonchev–Trinajstić information content (AvgIpc) is 2.62. The van der Waals surface area contributed by atoms with Crippen molar-refractivity contribution in [1.29, 1.82) is 0 Å². The first-order chi connectivity index (χ1) is 11.7. The Balaban J connectivity index is 2.05. The van der Waals surface area contributed by atoms with Crippen LogP contribution >= 0.6 is 0 Å². The van der Waals surface area contributed by atoms with Crippen molar-refractivity contribution < 1.29 is 19.0 Å². The van der Waals surface area contributed by atoms with Crippen LogP contribution in [0.15, 0.2) is 48.5 Å². The molecular weight excluding hydrogens is 306 g/mol. The fourth-order valence-corrected chi connectivity index (χ4v) is 2.21. The third-order valence-electron chi connectivity index (χ3n) is 3.45. The second-order valence-electron chi connectivity index (χ2n) is 5.11. The first kappa shape index (κ1) is 17.7. The highest BCUT2D eigenvalue weighted by Crippen LogP contribution is 2.25. The van der Waals surface area contributed by atoms with Gasteiger partial charge in [-0.2, -0.15) is 0 Å². The molecule has 1 amide bonds. The van der Waals surface area contributed by atoms with Crippen LogP contribution in [0.2, 0.25) is 0 Å². The van der Waals surface area contributed by atoms with Gasteiger partial charge in [0, 0.05) is 0 Å². The van der Waals surface area contributed by atoms with E-state index in [4.69, 9.17) is 14.2 Å². The van der Waals surface area contributed by atoms with Gasteiger partial charge < -0.3 is 19.5 Å². The Morgan fingerprint density at radius 1 is 1.04 bits per heavy atom. The van der Waals surface area contributed by atoms with Gasteiger partial charge in [-0.1, -0.05) is 19.1 Å². The second kappa shape index (κ2) is 8.82. The standard InChI is InChI=1S/C19H23NO4/c1-4-17(24-15-12-10-14(22-3)11-13-15)19(21)20-16-8-6-7-9-18(16)23-5-2/h6-13,17H,4-5H2,1-3H3,(H,20,21)/t17-/m1/s1. The summed E-state index contributed by atoms with van der Waals surface area (Å²) in [4.78, 5) is 12.5. The van der Waals surface area contributed by atoms with Crippen molar-refractivity contribution >= 4 is 11.6 Å². The third kappa shape index (κ3) is 4.65. The Morgan fingerprint density at radius 2 is 1.71 bits per heavy atom. The second-order valence-corrected chi connectivity index (χ2v) is 5.11. The van der Waals surface area contributed by atoms with Gasteiger partial charge in [-0.15, -0.1) is 0 Å². The number of para-hydroxylation sites is 2. The SMILES string of the molecule is CCOc1ccccc1NC(=O)[C@@H](CC)Oc1ccc(OC)cc1. The first-order valence-corrected chi connectivity index (χ1v) is 8.01. The molecule has 0 aromatic heterocycles. The van der Waals surface area contributed by atoms with E-state index in [0.717, 1.165) is 5.75 Å². The first-order valence-electron chi connectivity index (χ1n) is 8.01. The number of amides is 1. The molecule has 0 unspecified atom stereocenters. The summed E-state index contributed by atoms with van der Waals surface area (Å²) in [5.74, 6) is 1.80. The summed E-state index contributed by atoms with van der Waals surface area (Å²) < 4.78 is 16.4. The van der Waals surface area contributed by atoms with E-state index in [1.54, 1.807) is 31.4 Å². The highest BCUT2D eigenvalue weighted by Gasteiger charge is 2.19. The van der Waals surface area contributed by atoms with Gasteiger partial charge >= 0.3 is 0 Å². The molecule has 128 valence electrons. The smallest absolute Gasteiger partial charge is 0.265 e. The van der Waals surface area contributed by atoms with E-state index in [-0.39, 0.29) is 5.91 Å². The van der Waals surface area contributed by atoms with Crippen LogP contribution in [0.25, 0.3) is 0 Å². The van der Waals surface area contributed by atoms with Gasteiger partial charge in [0.2, 0.25) is 0 Å². The molecule has 2 aromatic carbocycles. The topological polar surface area (TPSA) is 56.8 Å². The largest absolute Gasteiger partial charge is 0.497 e. The maximum absolute atomic E-state index is 12.5. The highest BCUT2D eigenvalue weighted by molar-refractivity contribution is 5.95. The molecule has 0 aliphatic rings. The van der Waals surface area contributed by atoms with Gasteiger partial charge in [-0.25, -0.2) is 0 Å². The molecule has 24 heavy (non-hydrogen) atoms. The van der Waals surface area contributed by atoms with E-state index in [1.807, 2.05) is 38.1 Å². The number of benzene rings is 2. The molecule has 5 nitrogen and oxygen atoms in total. The molecule has 2 rings (SSSR count). The van der Waals surface area contributed by atoms with Crippen molar-refractivity contribution in [2.75, 3.05) is 19.0 Å². The summed E-state index contributed by atoms with van der Waals surface area (Å²) in [5, 5.41) is 2.88. The lowest BCUT2D eigenvalue weighted by molar-refractivity contribution is -0.122. The van der Waals surface area contributed by atoms with Gasteiger partial charge in [0.25, 0.3) is 5.91 Å². The van der Waals surface area contributed by atoms with Crippen molar-refractivity contribution in [3.8, 4) is 17.2 Å². The van der Waals surface area contributed by atoms with E-state index in [9.17, 15) is 4.79 Å². The molecule has 1 N–H and O–H groups in total. The van der Waals surface area contributed by atoms with E-state index in [1.165, 1.54) is 0 Å². The molecule has 0 aliphatic heterocycles. The van der Waals surface area contributed by atoms with Crippen LogP contribution in [0.1, 0.15) is 20.3 Å². The average molecular weight is 329 g/mol. The fraction of sp³-hybridized carbons (Fsp3) is 0.316. The van der Waals surface area contributed by atoms with Gasteiger partial charge in [0.15, 0.2) is 6.10 Å². The van der Waals surface area contributed by atoms with Crippen LogP contribution in [-0.2, 0) is 4.79 Å². The van der Waals surface area contributed by atoms with Gasteiger partial charge in [-0.3, -0.25) is 4.79 Å². The molecule has 0 saturated heterocycles. The maximum Gasteiger partial charge on any atom is 0.265 e. The number of nitrogens with one attached hydrogen (secondary N) is 1. The zero-order valence-electron chi connectivity index (χ0n) is 14.2. The maximum atomic E-state index is 12.5. The lowest BCUT2D eigenvalue weighted by Crippen LogP contribution is -2.32. The lowest BCUT2D eigenvalue weighted by Gasteiger charge is -2.18. The number of hydrogen-bond donors (Lipinski definition) is 1. The van der Waals surface area contributed by atoms with Crippen LogP contribution in [0, 0.1) is 0 Å². The minimum absolute atomic E-state index is 0.208. The van der Waals surface area contributed by atoms with E-state index in [0.29, 0.717) is 30.2 Å². The number of carbonyl (C=O) groups is 1. The highest BCUT2D eigenvalue weighted by atomic mass is 16.5. The fourth-order valence-electron chi connectivity index (χ4n) is 2.21. The number of anilines is 1. The van der Waals surface area contributed by atoms with Crippen molar-refractivity contribution in [3.05, 3.63) is 48.5 Å². The van der Waals surface area contributed by atoms with Crippen molar-refractivity contribution in [2.24, 2.45) is 0 Å². The van der Waals surface area contributed by atoms with Crippen LogP contribution in [0.4, 0.5) is 5.69 Å². The van der Waals surface area contributed by atoms with Crippen LogP contribution < -0.4 is 19.5 Å². The molecule has 0 bridgehead atoms. The van der Waals surface area contributed by atoms with Crippen molar-refractivity contribution in [2.45, 2.75) is 26.4 Å². The molecule has 1 atom stereocenters.